The molecule has 49 heavy (non-hydrogen) atoms. The number of hydrogen-bond acceptors (Lipinski definition) is 12. The molecule has 13 nitrogen and oxygen atoms in total. The summed E-state index contributed by atoms with van der Waals surface area (Å²) in [5.74, 6) is 1.12. The van der Waals surface area contributed by atoms with E-state index in [1.807, 2.05) is 34.5 Å². The number of amides is 1. The van der Waals surface area contributed by atoms with E-state index in [0.717, 1.165) is 60.1 Å². The van der Waals surface area contributed by atoms with Gasteiger partial charge in [0.25, 0.3) is 12.4 Å². The molecule has 5 N–H and O–H groups in total. The van der Waals surface area contributed by atoms with Crippen molar-refractivity contribution in [3.05, 3.63) is 73.3 Å². The first-order chi connectivity index (χ1) is 23.6. The first-order valence-electron chi connectivity index (χ1n) is 16.3. The number of nitrogens with zero attached hydrogens (tertiary/aromatic N) is 3. The van der Waals surface area contributed by atoms with Crippen molar-refractivity contribution in [3.63, 3.8) is 0 Å². The molecule has 1 atom stereocenters. The molecule has 0 saturated carbocycles. The Bertz CT molecular complexity index is 1750. The van der Waals surface area contributed by atoms with Crippen molar-refractivity contribution in [3.8, 4) is 11.5 Å². The molecule has 2 aliphatic rings. The number of hydrogen-bond donors (Lipinski definition) is 5. The van der Waals surface area contributed by atoms with E-state index in [4.69, 9.17) is 19.4 Å². The van der Waals surface area contributed by atoms with Gasteiger partial charge in [0, 0.05) is 56.1 Å². The summed E-state index contributed by atoms with van der Waals surface area (Å²) in [5.41, 5.74) is 2.27. The highest BCUT2D eigenvalue weighted by Crippen LogP contribution is 2.32. The predicted octanol–water partition coefficient (Wildman–Crippen LogP) is 3.79. The Hall–Kier alpha value is -3.86. The van der Waals surface area contributed by atoms with Gasteiger partial charge in [-0.3, -0.25) is 19.3 Å². The zero-order valence-electron chi connectivity index (χ0n) is 27.6. The Morgan fingerprint density at radius 3 is 2.61 bits per heavy atom. The summed E-state index contributed by atoms with van der Waals surface area (Å²) in [6.07, 6.45) is 0.935. The van der Waals surface area contributed by atoms with E-state index in [9.17, 15) is 19.8 Å². The van der Waals surface area contributed by atoms with E-state index >= 15 is 0 Å². The molecule has 2 fully saturated rings. The molecule has 0 unspecified atom stereocenters. The van der Waals surface area contributed by atoms with Crippen molar-refractivity contribution in [2.75, 3.05) is 52.5 Å². The van der Waals surface area contributed by atoms with Crippen LogP contribution in [-0.4, -0.2) is 106 Å². The third-order valence-corrected chi connectivity index (χ3v) is 10.8. The summed E-state index contributed by atoms with van der Waals surface area (Å²) < 4.78 is 12.9. The van der Waals surface area contributed by atoms with Crippen molar-refractivity contribution in [2.24, 2.45) is 0 Å². The Balaban J connectivity index is 0.00000151. The fraction of sp³-hybridized carbons (Fsp3) is 0.471. The zero-order chi connectivity index (χ0) is 35.0. The molecule has 4 heterocycles. The standard InChI is InChI=1S/C33H41N5O6S2.CH2O2/c1-21(2)30-35-25(19-45-30)31(41)38-14-16-44-33(20-38)9-11-37(12-10-33)13-15-43-23-5-3-22(4-6-23)17-34-18-27(40)24-7-8-26(39)28-29(24)46-32(42)36-28;2-1-3/h3-8,19,21,27,34,39-40H,9-18,20H2,1-2H3,(H,36,42);1H,(H,2,3)/t27-;/m0./s1. The van der Waals surface area contributed by atoms with Crippen LogP contribution in [0.1, 0.15) is 65.3 Å². The number of aromatic amines is 1. The normalized spacial score (nSPS) is 16.8. The van der Waals surface area contributed by atoms with Crippen molar-refractivity contribution < 1.29 is 34.4 Å². The SMILES string of the molecule is CC(C)c1nc(C(=O)N2CCOC3(CCN(CCOc4ccc(CNC[C@H](O)c5ccc(O)c6[nH]c(=O)sc56)cc4)CC3)C2)cs1.O=CO. The average Bonchev–Trinajstić information content (AvgIpc) is 3.75. The number of piperidine rings is 1. The smallest absolute Gasteiger partial charge is 0.305 e. The lowest BCUT2D eigenvalue weighted by Crippen LogP contribution is -2.58. The molecule has 0 radical (unpaired) electrons. The van der Waals surface area contributed by atoms with E-state index in [1.54, 1.807) is 17.4 Å². The number of benzene rings is 2. The van der Waals surface area contributed by atoms with Crippen LogP contribution in [0.2, 0.25) is 0 Å². The predicted molar refractivity (Wildman–Crippen MR) is 188 cm³/mol. The molecular weight excluding hydrogens is 671 g/mol. The van der Waals surface area contributed by atoms with Crippen LogP contribution in [0, 0.1) is 0 Å². The minimum atomic E-state index is -0.825. The number of rotatable bonds is 11. The van der Waals surface area contributed by atoms with Gasteiger partial charge in [0.15, 0.2) is 0 Å². The van der Waals surface area contributed by atoms with Gasteiger partial charge >= 0.3 is 4.87 Å². The number of H-pyrrole nitrogens is 1. The molecule has 6 rings (SSSR count). The van der Waals surface area contributed by atoms with Crippen molar-refractivity contribution in [2.45, 2.75) is 50.9 Å². The molecule has 4 aromatic rings. The second kappa shape index (κ2) is 16.7. The number of phenols is 1. The molecule has 0 aliphatic carbocycles. The number of thiazole rings is 2. The Kier molecular flexibility index (Phi) is 12.4. The van der Waals surface area contributed by atoms with Crippen LogP contribution in [0.5, 0.6) is 11.5 Å². The summed E-state index contributed by atoms with van der Waals surface area (Å²) >= 11 is 2.53. The number of carbonyl (C=O) groups is 2. The van der Waals surface area contributed by atoms with Gasteiger partial charge in [-0.25, -0.2) is 4.98 Å². The fourth-order valence-electron chi connectivity index (χ4n) is 6.08. The van der Waals surface area contributed by atoms with Crippen LogP contribution in [-0.2, 0) is 16.1 Å². The van der Waals surface area contributed by atoms with Gasteiger partial charge in [0.05, 0.1) is 34.6 Å². The van der Waals surface area contributed by atoms with Gasteiger partial charge in [0.2, 0.25) is 0 Å². The average molecular weight is 714 g/mol. The van der Waals surface area contributed by atoms with Gasteiger partial charge in [-0.15, -0.1) is 11.3 Å². The first-order valence-corrected chi connectivity index (χ1v) is 17.9. The molecular formula is C34H43N5O8S2. The lowest BCUT2D eigenvalue weighted by molar-refractivity contribution is -0.127. The molecule has 2 aromatic heterocycles. The highest BCUT2D eigenvalue weighted by Gasteiger charge is 2.41. The van der Waals surface area contributed by atoms with Gasteiger partial charge in [-0.2, -0.15) is 0 Å². The highest BCUT2D eigenvalue weighted by molar-refractivity contribution is 7.16. The summed E-state index contributed by atoms with van der Waals surface area (Å²) in [6.45, 7) is 9.76. The van der Waals surface area contributed by atoms with Crippen LogP contribution < -0.4 is 14.9 Å². The maximum absolute atomic E-state index is 13.2. The Morgan fingerprint density at radius 1 is 1.18 bits per heavy atom. The van der Waals surface area contributed by atoms with Crippen LogP contribution in [0.3, 0.4) is 0 Å². The van der Waals surface area contributed by atoms with Crippen LogP contribution in [0.15, 0.2) is 46.6 Å². The maximum Gasteiger partial charge on any atom is 0.305 e. The summed E-state index contributed by atoms with van der Waals surface area (Å²) in [7, 11) is 0. The molecule has 2 aliphatic heterocycles. The molecule has 1 spiro atoms. The number of aliphatic hydroxyl groups is 1. The molecule has 1 amide bonds. The molecule has 2 aromatic carbocycles. The highest BCUT2D eigenvalue weighted by atomic mass is 32.1. The number of fused-ring (bicyclic) bond motifs is 1. The quantitative estimate of drug-likeness (QED) is 0.143. The van der Waals surface area contributed by atoms with Gasteiger partial charge in [-0.1, -0.05) is 43.4 Å². The first kappa shape index (κ1) is 36.4. The number of aromatic nitrogens is 2. The van der Waals surface area contributed by atoms with E-state index in [1.165, 1.54) is 6.07 Å². The second-order valence-electron chi connectivity index (χ2n) is 12.5. The molecule has 2 saturated heterocycles. The van der Waals surface area contributed by atoms with Gasteiger partial charge in [0.1, 0.15) is 29.3 Å². The van der Waals surface area contributed by atoms with Gasteiger partial charge in [-0.05, 0) is 36.6 Å². The largest absolute Gasteiger partial charge is 0.506 e. The Morgan fingerprint density at radius 2 is 1.92 bits per heavy atom. The van der Waals surface area contributed by atoms with E-state index in [0.29, 0.717) is 66.8 Å². The number of ether oxygens (including phenoxy) is 2. The molecule has 0 bridgehead atoms. The van der Waals surface area contributed by atoms with Crippen LogP contribution in [0.25, 0.3) is 10.2 Å². The van der Waals surface area contributed by atoms with Crippen LogP contribution >= 0.6 is 22.7 Å². The fourth-order valence-corrected chi connectivity index (χ4v) is 7.81. The van der Waals surface area contributed by atoms with E-state index in [2.05, 4.69) is 34.0 Å². The lowest BCUT2D eigenvalue weighted by Gasteiger charge is -2.47. The minimum Gasteiger partial charge on any atom is -0.506 e. The molecule has 15 heteroatoms. The van der Waals surface area contributed by atoms with Crippen molar-refractivity contribution in [1.29, 1.82) is 0 Å². The summed E-state index contributed by atoms with van der Waals surface area (Å²) in [4.78, 5) is 44.5. The minimum absolute atomic E-state index is 0.00745. The summed E-state index contributed by atoms with van der Waals surface area (Å²) in [5, 5.41) is 33.7. The number of morpholine rings is 1. The number of aromatic hydroxyl groups is 1. The number of carbonyl (C=O) groups excluding carboxylic acids is 1. The maximum atomic E-state index is 13.2. The van der Waals surface area contributed by atoms with Crippen LogP contribution in [0.4, 0.5) is 0 Å². The number of carboxylic acid groups (broad SMARTS) is 1. The Labute approximate surface area is 292 Å². The van der Waals surface area contributed by atoms with E-state index < -0.39 is 6.10 Å². The third kappa shape index (κ3) is 9.23. The molecule has 264 valence electrons. The number of aliphatic hydroxyl groups excluding tert-OH is 1. The van der Waals surface area contributed by atoms with E-state index in [-0.39, 0.29) is 28.6 Å². The topological polar surface area (TPSA) is 178 Å². The van der Waals surface area contributed by atoms with Crippen molar-refractivity contribution in [1.82, 2.24) is 25.1 Å². The monoisotopic (exact) mass is 713 g/mol. The van der Waals surface area contributed by atoms with Crippen molar-refractivity contribution >= 4 is 45.3 Å². The number of likely N-dealkylation sites (tertiary alicyclic amines) is 1. The zero-order valence-corrected chi connectivity index (χ0v) is 29.2. The number of phenolic OH excluding ortho intramolecular Hbond substituents is 1. The van der Waals surface area contributed by atoms with Gasteiger partial charge < -0.3 is 40.0 Å². The lowest BCUT2D eigenvalue weighted by atomic mass is 9.89. The second-order valence-corrected chi connectivity index (χ2v) is 14.3. The number of nitrogens with one attached hydrogen (secondary N) is 2. The third-order valence-electron chi connectivity index (χ3n) is 8.75. The summed E-state index contributed by atoms with van der Waals surface area (Å²) in [6, 6.07) is 11.0.